The minimum Gasteiger partial charge on any atom is -0.383 e. The van der Waals surface area contributed by atoms with Gasteiger partial charge in [0.05, 0.1) is 10.7 Å². The Bertz CT molecular complexity index is 548. The quantitative estimate of drug-likeness (QED) is 0.924. The van der Waals surface area contributed by atoms with Crippen molar-refractivity contribution in [3.63, 3.8) is 0 Å². The second-order valence-electron chi connectivity index (χ2n) is 3.44. The number of benzene rings is 1. The van der Waals surface area contributed by atoms with Crippen LogP contribution in [0.25, 0.3) is 0 Å². The fourth-order valence-electron chi connectivity index (χ4n) is 1.51. The summed E-state index contributed by atoms with van der Waals surface area (Å²) in [5.74, 6) is -1.27. The second-order valence-corrected chi connectivity index (χ2v) is 4.30. The molecule has 5 heteroatoms. The van der Waals surface area contributed by atoms with Gasteiger partial charge in [0, 0.05) is 17.3 Å². The van der Waals surface area contributed by atoms with Crippen molar-refractivity contribution in [1.29, 1.82) is 0 Å². The summed E-state index contributed by atoms with van der Waals surface area (Å²) in [5, 5.41) is 9.95. The fraction of sp³-hybridized carbons (Fsp3) is 0.0833. The number of aliphatic hydroxyl groups is 1. The van der Waals surface area contributed by atoms with Gasteiger partial charge in [0.1, 0.15) is 17.7 Å². The Kier molecular flexibility index (Phi) is 3.49. The summed E-state index contributed by atoms with van der Waals surface area (Å²) < 4.78 is 27.4. The molecule has 88 valence electrons. The summed E-state index contributed by atoms with van der Waals surface area (Å²) in [7, 11) is 0. The zero-order valence-electron chi connectivity index (χ0n) is 8.57. The van der Waals surface area contributed by atoms with Crippen LogP contribution in [0.1, 0.15) is 17.2 Å². The molecule has 0 spiro atoms. The zero-order valence-corrected chi connectivity index (χ0v) is 10.2. The van der Waals surface area contributed by atoms with E-state index in [1.807, 2.05) is 0 Å². The number of aliphatic hydroxyl groups excluding tert-OH is 1. The summed E-state index contributed by atoms with van der Waals surface area (Å²) in [6, 6.07) is 5.81. The molecule has 0 saturated carbocycles. The molecule has 0 saturated heterocycles. The lowest BCUT2D eigenvalue weighted by molar-refractivity contribution is 0.209. The van der Waals surface area contributed by atoms with E-state index in [4.69, 9.17) is 0 Å². The largest absolute Gasteiger partial charge is 0.383 e. The highest BCUT2D eigenvalue weighted by Crippen LogP contribution is 2.29. The molecule has 0 amide bonds. The molecule has 17 heavy (non-hydrogen) atoms. The minimum atomic E-state index is -1.35. The molecule has 1 aromatic carbocycles. The number of pyridine rings is 1. The first-order valence-corrected chi connectivity index (χ1v) is 5.62. The number of nitrogens with zero attached hydrogens (tertiary/aromatic N) is 1. The molecule has 0 aliphatic heterocycles. The summed E-state index contributed by atoms with van der Waals surface area (Å²) in [6.07, 6.45) is 0.974. The van der Waals surface area contributed by atoms with Crippen molar-refractivity contribution in [1.82, 2.24) is 4.98 Å². The third-order valence-electron chi connectivity index (χ3n) is 2.37. The van der Waals surface area contributed by atoms with Gasteiger partial charge in [-0.3, -0.25) is 4.98 Å². The third-order valence-corrected chi connectivity index (χ3v) is 2.99. The van der Waals surface area contributed by atoms with Crippen LogP contribution < -0.4 is 0 Å². The van der Waals surface area contributed by atoms with Crippen molar-refractivity contribution < 1.29 is 13.9 Å². The van der Waals surface area contributed by atoms with Crippen LogP contribution >= 0.6 is 15.9 Å². The van der Waals surface area contributed by atoms with Crippen LogP contribution in [0.3, 0.4) is 0 Å². The van der Waals surface area contributed by atoms with Gasteiger partial charge in [0.15, 0.2) is 0 Å². The molecule has 1 unspecified atom stereocenters. The molecular weight excluding hydrogens is 292 g/mol. The number of hydrogen-bond acceptors (Lipinski definition) is 2. The monoisotopic (exact) mass is 299 g/mol. The lowest BCUT2D eigenvalue weighted by Gasteiger charge is -2.13. The summed E-state index contributed by atoms with van der Waals surface area (Å²) in [5.41, 5.74) is 0.0153. The molecule has 0 bridgehead atoms. The van der Waals surface area contributed by atoms with E-state index < -0.39 is 17.7 Å². The molecule has 2 aromatic rings. The van der Waals surface area contributed by atoms with Crippen molar-refractivity contribution in [2.45, 2.75) is 6.10 Å². The summed E-state index contributed by atoms with van der Waals surface area (Å²) >= 11 is 3.01. The number of hydrogen-bond donors (Lipinski definition) is 1. The molecule has 1 atom stereocenters. The first kappa shape index (κ1) is 12.1. The van der Waals surface area contributed by atoms with Crippen LogP contribution in [0.4, 0.5) is 8.78 Å². The van der Waals surface area contributed by atoms with Gasteiger partial charge in [-0.2, -0.15) is 0 Å². The van der Waals surface area contributed by atoms with E-state index in [1.165, 1.54) is 24.4 Å². The Morgan fingerprint density at radius 3 is 2.65 bits per heavy atom. The summed E-state index contributed by atoms with van der Waals surface area (Å²) in [6.45, 7) is 0. The van der Waals surface area contributed by atoms with Gasteiger partial charge < -0.3 is 5.11 Å². The highest BCUT2D eigenvalue weighted by Gasteiger charge is 2.19. The highest BCUT2D eigenvalue weighted by molar-refractivity contribution is 9.10. The first-order chi connectivity index (χ1) is 8.11. The van der Waals surface area contributed by atoms with E-state index in [9.17, 15) is 13.9 Å². The normalized spacial score (nSPS) is 12.5. The van der Waals surface area contributed by atoms with E-state index in [0.29, 0.717) is 0 Å². The van der Waals surface area contributed by atoms with Gasteiger partial charge in [-0.1, -0.05) is 12.1 Å². The van der Waals surface area contributed by atoms with Crippen molar-refractivity contribution in [2.75, 3.05) is 0 Å². The molecule has 0 aliphatic rings. The van der Waals surface area contributed by atoms with Crippen LogP contribution in [0.15, 0.2) is 41.1 Å². The second kappa shape index (κ2) is 4.89. The van der Waals surface area contributed by atoms with E-state index in [1.54, 1.807) is 6.07 Å². The van der Waals surface area contributed by atoms with Gasteiger partial charge in [-0.25, -0.2) is 8.78 Å². The van der Waals surface area contributed by atoms with E-state index in [-0.39, 0.29) is 15.6 Å². The number of rotatable bonds is 2. The smallest absolute Gasteiger partial charge is 0.147 e. The number of aromatic nitrogens is 1. The predicted molar refractivity (Wildman–Crippen MR) is 62.4 cm³/mol. The average molecular weight is 300 g/mol. The Labute approximate surface area is 105 Å². The van der Waals surface area contributed by atoms with E-state index >= 15 is 0 Å². The average Bonchev–Trinajstić information content (AvgIpc) is 2.32. The summed E-state index contributed by atoms with van der Waals surface area (Å²) in [4.78, 5) is 3.57. The van der Waals surface area contributed by atoms with Crippen LogP contribution in [-0.4, -0.2) is 10.1 Å². The lowest BCUT2D eigenvalue weighted by atomic mass is 10.0. The standard InChI is InChI=1S/C12H8BrF2NO/c13-9-3-1-2-8(11(9)15)12(17)7-4-5-16-6-10(7)14/h1-6,12,17H. The molecular formula is C12H8BrF2NO. The Morgan fingerprint density at radius 2 is 1.94 bits per heavy atom. The first-order valence-electron chi connectivity index (χ1n) is 4.82. The molecule has 0 radical (unpaired) electrons. The minimum absolute atomic E-state index is 0.00278. The highest BCUT2D eigenvalue weighted by atomic mass is 79.9. The lowest BCUT2D eigenvalue weighted by Crippen LogP contribution is -2.05. The molecule has 1 heterocycles. The molecule has 2 nitrogen and oxygen atoms in total. The van der Waals surface area contributed by atoms with Crippen molar-refractivity contribution in [3.8, 4) is 0 Å². The predicted octanol–water partition coefficient (Wildman–Crippen LogP) is 3.20. The molecule has 2 rings (SSSR count). The van der Waals surface area contributed by atoms with Gasteiger partial charge >= 0.3 is 0 Å². The van der Waals surface area contributed by atoms with Gasteiger partial charge in [0.25, 0.3) is 0 Å². The Hall–Kier alpha value is -1.33. The maximum absolute atomic E-state index is 13.7. The SMILES string of the molecule is OC(c1ccncc1F)c1cccc(Br)c1F. The van der Waals surface area contributed by atoms with Gasteiger partial charge in [-0.15, -0.1) is 0 Å². The fourth-order valence-corrected chi connectivity index (χ4v) is 1.89. The molecule has 1 aromatic heterocycles. The van der Waals surface area contributed by atoms with Gasteiger partial charge in [0.2, 0.25) is 0 Å². The zero-order chi connectivity index (χ0) is 12.4. The van der Waals surface area contributed by atoms with Crippen LogP contribution in [0, 0.1) is 11.6 Å². The molecule has 1 N–H and O–H groups in total. The number of halogens is 3. The van der Waals surface area contributed by atoms with Gasteiger partial charge in [-0.05, 0) is 28.1 Å². The third kappa shape index (κ3) is 2.35. The Balaban J connectivity index is 2.48. The van der Waals surface area contributed by atoms with Crippen LogP contribution in [0.5, 0.6) is 0 Å². The van der Waals surface area contributed by atoms with Crippen molar-refractivity contribution in [2.24, 2.45) is 0 Å². The molecule has 0 fully saturated rings. The maximum Gasteiger partial charge on any atom is 0.147 e. The van der Waals surface area contributed by atoms with Crippen molar-refractivity contribution in [3.05, 3.63) is 63.9 Å². The van der Waals surface area contributed by atoms with E-state index in [0.717, 1.165) is 6.20 Å². The van der Waals surface area contributed by atoms with E-state index in [2.05, 4.69) is 20.9 Å². The maximum atomic E-state index is 13.7. The molecule has 0 aliphatic carbocycles. The Morgan fingerprint density at radius 1 is 1.18 bits per heavy atom. The van der Waals surface area contributed by atoms with Crippen LogP contribution in [0.2, 0.25) is 0 Å². The van der Waals surface area contributed by atoms with Crippen molar-refractivity contribution >= 4 is 15.9 Å². The topological polar surface area (TPSA) is 33.1 Å². The van der Waals surface area contributed by atoms with Crippen LogP contribution in [-0.2, 0) is 0 Å².